The Kier molecular flexibility index (Phi) is 4.06. The molecule has 2 heterocycles. The van der Waals surface area contributed by atoms with Crippen LogP contribution in [0.15, 0.2) is 24.7 Å². The average Bonchev–Trinajstić information content (AvgIpc) is 3.36. The molecule has 1 fully saturated rings. The van der Waals surface area contributed by atoms with Gasteiger partial charge in [-0.3, -0.25) is 9.59 Å². The monoisotopic (exact) mass is 371 g/mol. The van der Waals surface area contributed by atoms with E-state index >= 15 is 0 Å². The van der Waals surface area contributed by atoms with Crippen molar-refractivity contribution in [3.63, 3.8) is 0 Å². The fourth-order valence-corrected chi connectivity index (χ4v) is 2.92. The number of ketones is 1. The third-order valence-electron chi connectivity index (χ3n) is 4.55. The number of hydrogen-bond donors (Lipinski definition) is 3. The quantitative estimate of drug-likeness (QED) is 0.576. The second-order valence-corrected chi connectivity index (χ2v) is 6.45. The number of fused-ring (bicyclic) bond motifs is 1. The van der Waals surface area contributed by atoms with E-state index in [1.165, 1.54) is 12.5 Å². The molecule has 0 aliphatic heterocycles. The summed E-state index contributed by atoms with van der Waals surface area (Å²) in [7, 11) is 0. The molecule has 1 aliphatic rings. The molecular weight excluding hydrogens is 356 g/mol. The highest BCUT2D eigenvalue weighted by Gasteiger charge is 2.27. The molecular formula is C18H15F2N5O2. The zero-order chi connectivity index (χ0) is 19.1. The first-order chi connectivity index (χ1) is 13.0. The van der Waals surface area contributed by atoms with E-state index in [9.17, 15) is 18.4 Å². The predicted molar refractivity (Wildman–Crippen MR) is 93.4 cm³/mol. The number of aromatic amines is 1. The van der Waals surface area contributed by atoms with Crippen molar-refractivity contribution in [1.29, 1.82) is 0 Å². The van der Waals surface area contributed by atoms with Crippen LogP contribution in [0, 0.1) is 17.6 Å². The zero-order valence-electron chi connectivity index (χ0n) is 14.1. The Labute approximate surface area is 152 Å². The molecule has 27 heavy (non-hydrogen) atoms. The molecule has 9 heteroatoms. The van der Waals surface area contributed by atoms with Crippen LogP contribution in [0.2, 0.25) is 0 Å². The number of carbonyl (C=O) groups is 2. The van der Waals surface area contributed by atoms with Gasteiger partial charge in [-0.1, -0.05) is 0 Å². The minimum Gasteiger partial charge on any atom is -0.369 e. The number of aromatic nitrogens is 3. The van der Waals surface area contributed by atoms with Gasteiger partial charge in [0.15, 0.2) is 0 Å². The lowest BCUT2D eigenvalue weighted by Crippen LogP contribution is -2.17. The molecule has 3 aromatic rings. The molecule has 0 saturated heterocycles. The highest BCUT2D eigenvalue weighted by Crippen LogP contribution is 2.31. The van der Waals surface area contributed by atoms with Gasteiger partial charge in [0.25, 0.3) is 5.91 Å². The summed E-state index contributed by atoms with van der Waals surface area (Å²) < 4.78 is 28.8. The fraction of sp³-hybridized carbons (Fsp3) is 0.222. The first kappa shape index (κ1) is 17.1. The fourth-order valence-electron chi connectivity index (χ4n) is 2.92. The third-order valence-corrected chi connectivity index (χ3v) is 4.55. The summed E-state index contributed by atoms with van der Waals surface area (Å²) in [5.74, 6) is -3.43. The highest BCUT2D eigenvalue weighted by molar-refractivity contribution is 6.18. The largest absolute Gasteiger partial charge is 0.369 e. The van der Waals surface area contributed by atoms with Crippen LogP contribution in [0.5, 0.6) is 0 Å². The minimum absolute atomic E-state index is 0.00307. The van der Waals surface area contributed by atoms with E-state index in [1.807, 2.05) is 0 Å². The van der Waals surface area contributed by atoms with Crippen LogP contribution in [0.4, 0.5) is 14.6 Å². The van der Waals surface area contributed by atoms with Gasteiger partial charge in [-0.05, 0) is 30.9 Å². The maximum absolute atomic E-state index is 14.6. The number of nitrogens with two attached hydrogens (primary N) is 1. The van der Waals surface area contributed by atoms with E-state index in [2.05, 4.69) is 20.3 Å². The van der Waals surface area contributed by atoms with Crippen LogP contribution in [-0.2, 0) is 0 Å². The van der Waals surface area contributed by atoms with Crippen LogP contribution < -0.4 is 11.1 Å². The van der Waals surface area contributed by atoms with E-state index in [1.54, 1.807) is 0 Å². The van der Waals surface area contributed by atoms with Crippen molar-refractivity contribution in [2.45, 2.75) is 12.8 Å². The molecule has 0 radical (unpaired) electrons. The normalized spacial score (nSPS) is 13.7. The number of halogens is 2. The van der Waals surface area contributed by atoms with Crippen molar-refractivity contribution in [2.75, 3.05) is 11.9 Å². The predicted octanol–water partition coefficient (Wildman–Crippen LogP) is 2.39. The van der Waals surface area contributed by atoms with E-state index < -0.39 is 34.5 Å². The Balaban J connectivity index is 1.82. The van der Waals surface area contributed by atoms with Gasteiger partial charge < -0.3 is 16.0 Å². The molecule has 2 aromatic heterocycles. The Morgan fingerprint density at radius 3 is 2.70 bits per heavy atom. The number of hydrogen-bond acceptors (Lipinski definition) is 5. The average molecular weight is 371 g/mol. The standard InChI is InChI=1S/C18H15F2N5O2/c19-11-4-3-9(16(21)27)14(20)13(11)15(26)10-6-23-18-12(10)17(24-7-25-18)22-5-8-1-2-8/h3-4,6-8H,1-2,5H2,(H2,21,27)(H2,22,23,24,25). The molecule has 138 valence electrons. The Bertz CT molecular complexity index is 1080. The Hall–Kier alpha value is -3.36. The van der Waals surface area contributed by atoms with Gasteiger partial charge >= 0.3 is 0 Å². The lowest BCUT2D eigenvalue weighted by molar-refractivity contribution is 0.0996. The third kappa shape index (κ3) is 3.01. The number of anilines is 1. The van der Waals surface area contributed by atoms with E-state index in [-0.39, 0.29) is 5.56 Å². The van der Waals surface area contributed by atoms with Crippen LogP contribution in [-0.4, -0.2) is 33.2 Å². The maximum Gasteiger partial charge on any atom is 0.251 e. The summed E-state index contributed by atoms with van der Waals surface area (Å²) in [6.07, 6.45) is 4.89. The van der Waals surface area contributed by atoms with Crippen molar-refractivity contribution in [3.8, 4) is 0 Å². The number of benzene rings is 1. The zero-order valence-corrected chi connectivity index (χ0v) is 14.1. The summed E-state index contributed by atoms with van der Waals surface area (Å²) in [6.45, 7) is 0.685. The summed E-state index contributed by atoms with van der Waals surface area (Å²) in [6, 6.07) is 1.75. The SMILES string of the molecule is NC(=O)c1ccc(F)c(C(=O)c2c[nH]c3ncnc(NCC4CC4)c23)c1F. The summed E-state index contributed by atoms with van der Waals surface area (Å²) in [4.78, 5) is 35.2. The number of amides is 1. The van der Waals surface area contributed by atoms with Gasteiger partial charge in [0.2, 0.25) is 5.78 Å². The van der Waals surface area contributed by atoms with Gasteiger partial charge in [-0.15, -0.1) is 0 Å². The molecule has 7 nitrogen and oxygen atoms in total. The van der Waals surface area contributed by atoms with Crippen molar-refractivity contribution in [1.82, 2.24) is 15.0 Å². The molecule has 0 bridgehead atoms. The summed E-state index contributed by atoms with van der Waals surface area (Å²) in [5, 5.41) is 3.50. The Morgan fingerprint density at radius 2 is 2.00 bits per heavy atom. The molecule has 1 amide bonds. The first-order valence-electron chi connectivity index (χ1n) is 8.35. The number of nitrogens with zero attached hydrogens (tertiary/aromatic N) is 2. The van der Waals surface area contributed by atoms with Gasteiger partial charge in [-0.2, -0.15) is 0 Å². The number of nitrogens with one attached hydrogen (secondary N) is 2. The smallest absolute Gasteiger partial charge is 0.251 e. The maximum atomic E-state index is 14.6. The van der Waals surface area contributed by atoms with Crippen LogP contribution in [0.25, 0.3) is 11.0 Å². The van der Waals surface area contributed by atoms with Gasteiger partial charge in [0.1, 0.15) is 29.4 Å². The lowest BCUT2D eigenvalue weighted by atomic mass is 9.99. The van der Waals surface area contributed by atoms with Crippen molar-refractivity contribution < 1.29 is 18.4 Å². The van der Waals surface area contributed by atoms with Crippen molar-refractivity contribution in [3.05, 3.63) is 53.0 Å². The van der Waals surface area contributed by atoms with Crippen LogP contribution >= 0.6 is 0 Å². The van der Waals surface area contributed by atoms with Gasteiger partial charge in [-0.25, -0.2) is 18.7 Å². The first-order valence-corrected chi connectivity index (χ1v) is 8.35. The van der Waals surface area contributed by atoms with Crippen molar-refractivity contribution in [2.24, 2.45) is 11.7 Å². The molecule has 1 aromatic carbocycles. The number of H-pyrrole nitrogens is 1. The second kappa shape index (κ2) is 6.42. The lowest BCUT2D eigenvalue weighted by Gasteiger charge is -2.09. The molecule has 4 rings (SSSR count). The molecule has 4 N–H and O–H groups in total. The van der Waals surface area contributed by atoms with Crippen molar-refractivity contribution >= 4 is 28.5 Å². The van der Waals surface area contributed by atoms with Gasteiger partial charge in [0, 0.05) is 12.7 Å². The molecule has 0 atom stereocenters. The van der Waals surface area contributed by atoms with Crippen LogP contribution in [0.1, 0.15) is 39.1 Å². The van der Waals surface area contributed by atoms with Gasteiger partial charge in [0.05, 0.1) is 22.1 Å². The highest BCUT2D eigenvalue weighted by atomic mass is 19.1. The Morgan fingerprint density at radius 1 is 1.22 bits per heavy atom. The molecule has 1 aliphatic carbocycles. The summed E-state index contributed by atoms with van der Waals surface area (Å²) >= 11 is 0. The van der Waals surface area contributed by atoms with E-state index in [0.29, 0.717) is 29.3 Å². The molecule has 1 saturated carbocycles. The summed E-state index contributed by atoms with van der Waals surface area (Å²) in [5.41, 5.74) is 4.06. The van der Waals surface area contributed by atoms with E-state index in [0.717, 1.165) is 25.0 Å². The molecule has 0 unspecified atom stereocenters. The number of primary amides is 1. The molecule has 0 spiro atoms. The topological polar surface area (TPSA) is 114 Å². The van der Waals surface area contributed by atoms with Crippen LogP contribution in [0.3, 0.4) is 0 Å². The van der Waals surface area contributed by atoms with E-state index in [4.69, 9.17) is 5.73 Å². The second-order valence-electron chi connectivity index (χ2n) is 6.45. The number of carbonyl (C=O) groups excluding carboxylic acids is 2. The number of rotatable bonds is 6. The minimum atomic E-state index is -1.29.